The first-order valence-corrected chi connectivity index (χ1v) is 10.6. The second kappa shape index (κ2) is 9.40. The lowest BCUT2D eigenvalue weighted by Gasteiger charge is -2.35. The summed E-state index contributed by atoms with van der Waals surface area (Å²) in [5, 5.41) is 11.7. The van der Waals surface area contributed by atoms with Crippen molar-refractivity contribution in [3.8, 4) is 0 Å². The van der Waals surface area contributed by atoms with Crippen LogP contribution in [0.4, 0.5) is 0 Å². The molecule has 1 saturated heterocycles. The van der Waals surface area contributed by atoms with Gasteiger partial charge in [-0.3, -0.25) is 9.59 Å². The lowest BCUT2D eigenvalue weighted by molar-refractivity contribution is -0.130. The quantitative estimate of drug-likeness (QED) is 0.675. The maximum absolute atomic E-state index is 12.8. The van der Waals surface area contributed by atoms with Gasteiger partial charge in [0, 0.05) is 6.54 Å². The molecular formula is C24H33N3O2. The summed E-state index contributed by atoms with van der Waals surface area (Å²) in [5.74, 6) is -0.190. The molecule has 5 nitrogen and oxygen atoms in total. The monoisotopic (exact) mass is 395 g/mol. The van der Waals surface area contributed by atoms with Gasteiger partial charge < -0.3 is 16.0 Å². The number of rotatable bonds is 7. The standard InChI is InChI=1S/C24H33N3O2/c1-17(2)22(23(29)26-16-24(3)10-12-25-13-11-24)27-21(28)15-18-8-9-19-6-4-5-7-20(19)14-18/h4-9,14,17,22,25H,10-13,15-16H2,1-3H3,(H,26,29)(H,27,28). The van der Waals surface area contributed by atoms with Gasteiger partial charge in [0.25, 0.3) is 0 Å². The average molecular weight is 396 g/mol. The van der Waals surface area contributed by atoms with Crippen molar-refractivity contribution in [3.63, 3.8) is 0 Å². The Bertz CT molecular complexity index is 856. The second-order valence-electron chi connectivity index (χ2n) is 8.93. The third-order valence-corrected chi connectivity index (χ3v) is 5.94. The number of hydrogen-bond donors (Lipinski definition) is 3. The fourth-order valence-corrected chi connectivity index (χ4v) is 3.91. The smallest absolute Gasteiger partial charge is 0.242 e. The molecule has 29 heavy (non-hydrogen) atoms. The fourth-order valence-electron chi connectivity index (χ4n) is 3.91. The number of piperidine rings is 1. The van der Waals surface area contributed by atoms with Crippen molar-refractivity contribution in [2.75, 3.05) is 19.6 Å². The van der Waals surface area contributed by atoms with Gasteiger partial charge >= 0.3 is 0 Å². The van der Waals surface area contributed by atoms with Crippen LogP contribution in [-0.4, -0.2) is 37.5 Å². The van der Waals surface area contributed by atoms with Gasteiger partial charge in [-0.2, -0.15) is 0 Å². The van der Waals surface area contributed by atoms with Crippen LogP contribution in [0.25, 0.3) is 10.8 Å². The molecule has 1 heterocycles. The van der Waals surface area contributed by atoms with Crippen molar-refractivity contribution in [2.24, 2.45) is 11.3 Å². The minimum Gasteiger partial charge on any atom is -0.354 e. The Balaban J connectivity index is 1.58. The molecule has 156 valence electrons. The minimum absolute atomic E-state index is 0.0244. The number of carbonyl (C=O) groups is 2. The summed E-state index contributed by atoms with van der Waals surface area (Å²) in [4.78, 5) is 25.4. The summed E-state index contributed by atoms with van der Waals surface area (Å²) in [7, 11) is 0. The second-order valence-corrected chi connectivity index (χ2v) is 8.93. The van der Waals surface area contributed by atoms with E-state index in [1.54, 1.807) is 0 Å². The predicted molar refractivity (Wildman–Crippen MR) is 118 cm³/mol. The number of hydrogen-bond acceptors (Lipinski definition) is 3. The van der Waals surface area contributed by atoms with Crippen LogP contribution >= 0.6 is 0 Å². The molecule has 5 heteroatoms. The van der Waals surface area contributed by atoms with Crippen LogP contribution in [0.3, 0.4) is 0 Å². The van der Waals surface area contributed by atoms with Crippen LogP contribution in [0, 0.1) is 11.3 Å². The van der Waals surface area contributed by atoms with Gasteiger partial charge in [-0.1, -0.05) is 63.2 Å². The molecule has 0 aliphatic carbocycles. The molecule has 3 rings (SSSR count). The Morgan fingerprint density at radius 2 is 1.76 bits per heavy atom. The number of nitrogens with one attached hydrogen (secondary N) is 3. The summed E-state index contributed by atoms with van der Waals surface area (Å²) >= 11 is 0. The molecule has 1 aliphatic heterocycles. The summed E-state index contributed by atoms with van der Waals surface area (Å²) < 4.78 is 0. The highest BCUT2D eigenvalue weighted by Gasteiger charge is 2.30. The van der Waals surface area contributed by atoms with E-state index < -0.39 is 6.04 Å². The van der Waals surface area contributed by atoms with Gasteiger partial charge in [0.15, 0.2) is 0 Å². The zero-order chi connectivity index (χ0) is 20.9. The van der Waals surface area contributed by atoms with Crippen LogP contribution in [0.5, 0.6) is 0 Å². The zero-order valence-electron chi connectivity index (χ0n) is 17.8. The largest absolute Gasteiger partial charge is 0.354 e. The first kappa shape index (κ1) is 21.3. The van der Waals surface area contributed by atoms with Crippen LogP contribution < -0.4 is 16.0 Å². The molecule has 0 bridgehead atoms. The van der Waals surface area contributed by atoms with E-state index in [0.717, 1.165) is 42.3 Å². The molecule has 1 fully saturated rings. The van der Waals surface area contributed by atoms with Crippen LogP contribution in [0.1, 0.15) is 39.2 Å². The maximum Gasteiger partial charge on any atom is 0.242 e. The molecule has 0 saturated carbocycles. The van der Waals surface area contributed by atoms with Gasteiger partial charge in [0.1, 0.15) is 6.04 Å². The van der Waals surface area contributed by atoms with Crippen molar-refractivity contribution in [2.45, 2.75) is 46.1 Å². The highest BCUT2D eigenvalue weighted by molar-refractivity contribution is 5.89. The first-order chi connectivity index (χ1) is 13.9. The molecule has 0 aromatic heterocycles. The summed E-state index contributed by atoms with van der Waals surface area (Å²) in [6.45, 7) is 8.78. The number of amides is 2. The molecule has 2 amide bonds. The molecule has 0 spiro atoms. The highest BCUT2D eigenvalue weighted by Crippen LogP contribution is 2.26. The van der Waals surface area contributed by atoms with E-state index in [-0.39, 0.29) is 29.6 Å². The Morgan fingerprint density at radius 1 is 1.07 bits per heavy atom. The zero-order valence-corrected chi connectivity index (χ0v) is 17.8. The van der Waals surface area contributed by atoms with Crippen LogP contribution in [0.15, 0.2) is 42.5 Å². The highest BCUT2D eigenvalue weighted by atomic mass is 16.2. The Hall–Kier alpha value is -2.40. The molecule has 0 radical (unpaired) electrons. The van der Waals surface area contributed by atoms with E-state index in [1.807, 2.05) is 50.2 Å². The molecule has 1 unspecified atom stereocenters. The summed E-state index contributed by atoms with van der Waals surface area (Å²) in [6, 6.07) is 13.6. The fraction of sp³-hybridized carbons (Fsp3) is 0.500. The molecule has 3 N–H and O–H groups in total. The Kier molecular flexibility index (Phi) is 6.91. The molecule has 2 aromatic rings. The predicted octanol–water partition coefficient (Wildman–Crippen LogP) is 3.03. The van der Waals surface area contributed by atoms with Crippen molar-refractivity contribution >= 4 is 22.6 Å². The van der Waals surface area contributed by atoms with Crippen molar-refractivity contribution in [3.05, 3.63) is 48.0 Å². The number of carbonyl (C=O) groups excluding carboxylic acids is 2. The normalized spacial score (nSPS) is 17.1. The first-order valence-electron chi connectivity index (χ1n) is 10.6. The number of benzene rings is 2. The van der Waals surface area contributed by atoms with Crippen LogP contribution in [0.2, 0.25) is 0 Å². The summed E-state index contributed by atoms with van der Waals surface area (Å²) in [5.41, 5.74) is 1.07. The van der Waals surface area contributed by atoms with Crippen molar-refractivity contribution in [1.82, 2.24) is 16.0 Å². The molecule has 1 atom stereocenters. The Labute approximate surface area is 173 Å². The van der Waals surface area contributed by atoms with Gasteiger partial charge in [0.05, 0.1) is 6.42 Å². The SMILES string of the molecule is CC(C)C(NC(=O)Cc1ccc2ccccc2c1)C(=O)NCC1(C)CCNCC1. The molecule has 2 aromatic carbocycles. The molecular weight excluding hydrogens is 362 g/mol. The van der Waals surface area contributed by atoms with E-state index >= 15 is 0 Å². The lowest BCUT2D eigenvalue weighted by Crippen LogP contribution is -2.52. The van der Waals surface area contributed by atoms with Gasteiger partial charge in [-0.25, -0.2) is 0 Å². The van der Waals surface area contributed by atoms with Crippen molar-refractivity contribution in [1.29, 1.82) is 0 Å². The summed E-state index contributed by atoms with van der Waals surface area (Å²) in [6.07, 6.45) is 2.37. The van der Waals surface area contributed by atoms with Crippen LogP contribution in [-0.2, 0) is 16.0 Å². The average Bonchev–Trinajstić information content (AvgIpc) is 2.70. The van der Waals surface area contributed by atoms with Crippen molar-refractivity contribution < 1.29 is 9.59 Å². The van der Waals surface area contributed by atoms with E-state index in [1.165, 1.54) is 0 Å². The van der Waals surface area contributed by atoms with Gasteiger partial charge in [-0.15, -0.1) is 0 Å². The van der Waals surface area contributed by atoms with E-state index in [2.05, 4.69) is 28.9 Å². The molecule has 1 aliphatic rings. The number of fused-ring (bicyclic) bond motifs is 1. The van der Waals surface area contributed by atoms with E-state index in [9.17, 15) is 9.59 Å². The van der Waals surface area contributed by atoms with E-state index in [4.69, 9.17) is 0 Å². The lowest BCUT2D eigenvalue weighted by atomic mass is 9.81. The van der Waals surface area contributed by atoms with Gasteiger partial charge in [-0.05, 0) is 53.6 Å². The third-order valence-electron chi connectivity index (χ3n) is 5.94. The third kappa shape index (κ3) is 5.80. The van der Waals surface area contributed by atoms with E-state index in [0.29, 0.717) is 6.54 Å². The Morgan fingerprint density at radius 3 is 2.45 bits per heavy atom. The minimum atomic E-state index is -0.520. The van der Waals surface area contributed by atoms with Gasteiger partial charge in [0.2, 0.25) is 11.8 Å². The topological polar surface area (TPSA) is 70.2 Å². The maximum atomic E-state index is 12.8.